The second kappa shape index (κ2) is 8.44. The van der Waals surface area contributed by atoms with E-state index >= 15 is 0 Å². The van der Waals surface area contributed by atoms with Crippen molar-refractivity contribution in [2.24, 2.45) is 0 Å². The summed E-state index contributed by atoms with van der Waals surface area (Å²) in [5.74, 6) is -1.55. The number of esters is 2. The van der Waals surface area contributed by atoms with Gasteiger partial charge < -0.3 is 9.47 Å². The van der Waals surface area contributed by atoms with Gasteiger partial charge in [-0.05, 0) is 33.3 Å². The third kappa shape index (κ3) is 6.83. The monoisotopic (exact) mass is 372 g/mol. The summed E-state index contributed by atoms with van der Waals surface area (Å²) < 4.78 is 43.1. The van der Waals surface area contributed by atoms with Gasteiger partial charge in [0.15, 0.2) is 0 Å². The van der Waals surface area contributed by atoms with Gasteiger partial charge in [0.2, 0.25) is 0 Å². The molecule has 0 fully saturated rings. The van der Waals surface area contributed by atoms with E-state index in [9.17, 15) is 22.6 Å². The van der Waals surface area contributed by atoms with Crippen LogP contribution < -0.4 is 0 Å². The summed E-state index contributed by atoms with van der Waals surface area (Å²) in [6.45, 7) is 6.86. The molecule has 0 amide bonds. The molecule has 0 saturated carbocycles. The van der Waals surface area contributed by atoms with Crippen molar-refractivity contribution in [2.45, 2.75) is 58.0 Å². The van der Waals surface area contributed by atoms with Gasteiger partial charge in [-0.2, -0.15) is 8.42 Å². The number of carbonyl (C=O) groups is 2. The Labute approximate surface area is 148 Å². The van der Waals surface area contributed by atoms with Crippen LogP contribution in [0.5, 0.6) is 0 Å². The molecule has 1 rings (SSSR count). The van der Waals surface area contributed by atoms with Crippen molar-refractivity contribution in [3.8, 4) is 0 Å². The summed E-state index contributed by atoms with van der Waals surface area (Å²) in [7, 11) is -4.79. The van der Waals surface area contributed by atoms with E-state index in [1.165, 1.54) is 24.3 Å². The molecule has 1 atom stereocenters. The highest BCUT2D eigenvalue weighted by molar-refractivity contribution is 7.85. The Bertz CT molecular complexity index is 717. The van der Waals surface area contributed by atoms with E-state index in [1.807, 2.05) is 6.92 Å². The van der Waals surface area contributed by atoms with Crippen LogP contribution in [0.3, 0.4) is 0 Å². The van der Waals surface area contributed by atoms with Crippen LogP contribution in [0.25, 0.3) is 0 Å². The van der Waals surface area contributed by atoms with Crippen LogP contribution in [0.15, 0.2) is 24.3 Å². The molecular weight excluding hydrogens is 348 g/mol. The lowest BCUT2D eigenvalue weighted by Crippen LogP contribution is -2.26. The maximum absolute atomic E-state index is 12.3. The SMILES string of the molecule is CCCCC(=O)OC(c1ccccc1C(=O)OC(C)(C)C)S(=O)(=O)O. The summed E-state index contributed by atoms with van der Waals surface area (Å²) in [5, 5.41) is 0. The summed E-state index contributed by atoms with van der Waals surface area (Å²) in [5.41, 5.74) is -3.02. The largest absolute Gasteiger partial charge is 0.456 e. The first-order chi connectivity index (χ1) is 11.5. The quantitative estimate of drug-likeness (QED) is 0.578. The minimum atomic E-state index is -4.79. The highest BCUT2D eigenvalue weighted by atomic mass is 32.2. The number of rotatable bonds is 7. The molecule has 0 heterocycles. The van der Waals surface area contributed by atoms with Gasteiger partial charge in [0.1, 0.15) is 5.60 Å². The molecule has 1 unspecified atom stereocenters. The van der Waals surface area contributed by atoms with Crippen molar-refractivity contribution >= 4 is 22.1 Å². The van der Waals surface area contributed by atoms with Crippen LogP contribution in [0.4, 0.5) is 0 Å². The smallest absolute Gasteiger partial charge is 0.339 e. The number of benzene rings is 1. The van der Waals surface area contributed by atoms with Gasteiger partial charge in [-0.15, -0.1) is 0 Å². The number of hydrogen-bond acceptors (Lipinski definition) is 6. The lowest BCUT2D eigenvalue weighted by Gasteiger charge is -2.22. The fraction of sp³-hybridized carbons (Fsp3) is 0.529. The molecule has 1 N–H and O–H groups in total. The van der Waals surface area contributed by atoms with E-state index in [1.54, 1.807) is 20.8 Å². The lowest BCUT2D eigenvalue weighted by molar-refractivity contribution is -0.146. The van der Waals surface area contributed by atoms with Crippen LogP contribution >= 0.6 is 0 Å². The summed E-state index contributed by atoms with van der Waals surface area (Å²) in [6, 6.07) is 5.64. The number of carbonyl (C=O) groups excluding carboxylic acids is 2. The Morgan fingerprint density at radius 1 is 1.20 bits per heavy atom. The van der Waals surface area contributed by atoms with Gasteiger partial charge in [-0.1, -0.05) is 31.5 Å². The van der Waals surface area contributed by atoms with E-state index in [4.69, 9.17) is 9.47 Å². The molecule has 140 valence electrons. The van der Waals surface area contributed by atoms with E-state index in [0.717, 1.165) is 6.42 Å². The van der Waals surface area contributed by atoms with E-state index in [0.29, 0.717) is 6.42 Å². The van der Waals surface area contributed by atoms with E-state index in [2.05, 4.69) is 0 Å². The summed E-state index contributed by atoms with van der Waals surface area (Å²) in [4.78, 5) is 24.2. The molecule has 7 nitrogen and oxygen atoms in total. The third-order valence-corrected chi connectivity index (χ3v) is 3.97. The molecule has 0 aliphatic rings. The van der Waals surface area contributed by atoms with Crippen LogP contribution in [0.1, 0.15) is 68.3 Å². The second-order valence-electron chi connectivity index (χ2n) is 6.53. The van der Waals surface area contributed by atoms with Crippen molar-refractivity contribution in [3.05, 3.63) is 35.4 Å². The zero-order chi connectivity index (χ0) is 19.3. The zero-order valence-corrected chi connectivity index (χ0v) is 15.6. The van der Waals surface area contributed by atoms with Gasteiger partial charge in [-0.25, -0.2) is 4.79 Å². The minimum Gasteiger partial charge on any atom is -0.456 e. The van der Waals surface area contributed by atoms with Crippen LogP contribution in [0, 0.1) is 0 Å². The van der Waals surface area contributed by atoms with Crippen molar-refractivity contribution in [2.75, 3.05) is 0 Å². The first-order valence-corrected chi connectivity index (χ1v) is 9.44. The van der Waals surface area contributed by atoms with Crippen molar-refractivity contribution in [3.63, 3.8) is 0 Å². The molecule has 25 heavy (non-hydrogen) atoms. The standard InChI is InChI=1S/C17H24O7S/c1-5-6-11-14(18)23-16(25(20,21)22)13-10-8-7-9-12(13)15(19)24-17(2,3)4/h7-10,16H,5-6,11H2,1-4H3,(H,20,21,22). The first kappa shape index (κ1) is 21.1. The average molecular weight is 372 g/mol. The molecule has 0 saturated heterocycles. The number of ether oxygens (including phenoxy) is 2. The third-order valence-electron chi connectivity index (χ3n) is 3.08. The van der Waals surface area contributed by atoms with Crippen molar-refractivity contribution in [1.29, 1.82) is 0 Å². The number of unbranched alkanes of at least 4 members (excludes halogenated alkanes) is 1. The van der Waals surface area contributed by atoms with E-state index < -0.39 is 33.1 Å². The molecule has 8 heteroatoms. The van der Waals surface area contributed by atoms with Crippen LogP contribution in [-0.2, 0) is 24.4 Å². The van der Waals surface area contributed by atoms with Gasteiger partial charge in [0, 0.05) is 12.0 Å². The van der Waals surface area contributed by atoms with Crippen LogP contribution in [0.2, 0.25) is 0 Å². The second-order valence-corrected chi connectivity index (χ2v) is 7.99. The van der Waals surface area contributed by atoms with E-state index in [-0.39, 0.29) is 17.5 Å². The summed E-state index contributed by atoms with van der Waals surface area (Å²) >= 11 is 0. The highest BCUT2D eigenvalue weighted by Gasteiger charge is 2.33. The fourth-order valence-electron chi connectivity index (χ4n) is 2.01. The molecule has 0 radical (unpaired) electrons. The Balaban J connectivity index is 3.24. The molecule has 1 aromatic carbocycles. The minimum absolute atomic E-state index is 0.0110. The molecule has 0 aromatic heterocycles. The molecule has 1 aromatic rings. The predicted octanol–water partition coefficient (Wildman–Crippen LogP) is 3.26. The highest BCUT2D eigenvalue weighted by Crippen LogP contribution is 2.28. The van der Waals surface area contributed by atoms with Gasteiger partial charge in [-0.3, -0.25) is 9.35 Å². The first-order valence-electron chi connectivity index (χ1n) is 7.93. The van der Waals surface area contributed by atoms with Crippen molar-refractivity contribution < 1.29 is 32.0 Å². The Kier molecular flexibility index (Phi) is 7.13. The molecule has 0 spiro atoms. The number of hydrogen-bond donors (Lipinski definition) is 1. The zero-order valence-electron chi connectivity index (χ0n) is 14.8. The van der Waals surface area contributed by atoms with Crippen LogP contribution in [-0.4, -0.2) is 30.5 Å². The Morgan fingerprint density at radius 2 is 1.80 bits per heavy atom. The molecular formula is C17H24O7S. The maximum Gasteiger partial charge on any atom is 0.339 e. The average Bonchev–Trinajstić information content (AvgIpc) is 2.47. The fourth-order valence-corrected chi connectivity index (χ4v) is 2.76. The molecule has 0 bridgehead atoms. The normalized spacial score (nSPS) is 13.2. The molecule has 0 aliphatic heterocycles. The van der Waals surface area contributed by atoms with Gasteiger partial charge in [0.25, 0.3) is 5.44 Å². The lowest BCUT2D eigenvalue weighted by atomic mass is 10.1. The Hall–Kier alpha value is -1.93. The summed E-state index contributed by atoms with van der Waals surface area (Å²) in [6.07, 6.45) is 1.25. The topological polar surface area (TPSA) is 107 Å². The Morgan fingerprint density at radius 3 is 2.32 bits per heavy atom. The van der Waals surface area contributed by atoms with Gasteiger partial charge in [0.05, 0.1) is 5.56 Å². The predicted molar refractivity (Wildman–Crippen MR) is 91.5 cm³/mol. The molecule has 0 aliphatic carbocycles. The maximum atomic E-state index is 12.3. The van der Waals surface area contributed by atoms with Gasteiger partial charge >= 0.3 is 22.1 Å². The van der Waals surface area contributed by atoms with Crippen molar-refractivity contribution in [1.82, 2.24) is 0 Å².